The lowest BCUT2D eigenvalue weighted by atomic mass is 9.93. The van der Waals surface area contributed by atoms with E-state index in [1.54, 1.807) is 14.2 Å². The minimum absolute atomic E-state index is 0.0502. The lowest BCUT2D eigenvalue weighted by Gasteiger charge is -2.35. The molecule has 1 N–H and O–H groups in total. The second kappa shape index (κ2) is 8.32. The Labute approximate surface area is 167 Å². The number of carbonyl (C=O) groups is 1. The van der Waals surface area contributed by atoms with E-state index in [-0.39, 0.29) is 24.2 Å². The maximum absolute atomic E-state index is 12.8. The first kappa shape index (κ1) is 21.0. The molecule has 3 rings (SSSR count). The lowest BCUT2D eigenvalue weighted by Crippen LogP contribution is -2.39. The summed E-state index contributed by atoms with van der Waals surface area (Å²) in [6.45, 7) is 2.71. The second-order valence-electron chi connectivity index (χ2n) is 6.93. The summed E-state index contributed by atoms with van der Waals surface area (Å²) in [6.07, 6.45) is -3.72. The fourth-order valence-corrected chi connectivity index (χ4v) is 3.57. The average molecular weight is 408 g/mol. The highest BCUT2D eigenvalue weighted by atomic mass is 19.4. The molecule has 0 spiro atoms. The van der Waals surface area contributed by atoms with Gasteiger partial charge in [-0.3, -0.25) is 9.69 Å². The molecule has 156 valence electrons. The third-order valence-electron chi connectivity index (χ3n) is 5.13. The predicted octanol–water partition coefficient (Wildman–Crippen LogP) is 4.28. The third-order valence-corrected chi connectivity index (χ3v) is 5.13. The number of hydrogen-bond acceptors (Lipinski definition) is 4. The number of hydrogen-bond donors (Lipinski definition) is 1. The van der Waals surface area contributed by atoms with Crippen molar-refractivity contribution in [3.63, 3.8) is 0 Å². The summed E-state index contributed by atoms with van der Waals surface area (Å²) in [7, 11) is 3.15. The number of halogens is 3. The number of alkyl halides is 3. The Bertz CT molecular complexity index is 899. The smallest absolute Gasteiger partial charge is 0.416 e. The van der Waals surface area contributed by atoms with E-state index < -0.39 is 11.7 Å². The number of nitrogens with zero attached hydrogens (tertiary/aromatic N) is 1. The van der Waals surface area contributed by atoms with Gasteiger partial charge in [0.2, 0.25) is 5.91 Å². The minimum Gasteiger partial charge on any atom is -0.493 e. The Morgan fingerprint density at radius 2 is 1.86 bits per heavy atom. The molecule has 2 aromatic rings. The zero-order chi connectivity index (χ0) is 21.2. The summed E-state index contributed by atoms with van der Waals surface area (Å²) in [6, 6.07) is 8.44. The van der Waals surface area contributed by atoms with Crippen LogP contribution in [0.1, 0.15) is 29.7 Å². The standard InChI is InChI=1S/C21H23F3N2O3/c1-13-17-11-19(29-3)18(28-2)9-14(17)7-8-26(13)12-20(27)25-16-6-4-5-15(10-16)21(22,23)24/h4-6,9-11,13H,7-8,12H2,1-3H3,(H,25,27). The Hall–Kier alpha value is -2.74. The number of nitrogens with one attached hydrogen (secondary N) is 1. The van der Waals surface area contributed by atoms with Gasteiger partial charge in [-0.1, -0.05) is 6.07 Å². The summed E-state index contributed by atoms with van der Waals surface area (Å²) in [5.74, 6) is 0.919. The first-order chi connectivity index (χ1) is 13.7. The molecule has 1 amide bonds. The van der Waals surface area contributed by atoms with Crippen LogP contribution in [0, 0.1) is 0 Å². The molecule has 1 heterocycles. The van der Waals surface area contributed by atoms with E-state index in [0.717, 1.165) is 29.7 Å². The number of carbonyl (C=O) groups excluding carboxylic acids is 1. The van der Waals surface area contributed by atoms with E-state index in [1.165, 1.54) is 12.1 Å². The summed E-state index contributed by atoms with van der Waals surface area (Å²) in [5, 5.41) is 2.56. The quantitative estimate of drug-likeness (QED) is 0.802. The number of methoxy groups -OCH3 is 2. The molecule has 8 heteroatoms. The third kappa shape index (κ3) is 4.64. The van der Waals surface area contributed by atoms with Gasteiger partial charge >= 0.3 is 6.18 Å². The van der Waals surface area contributed by atoms with Crippen molar-refractivity contribution in [1.82, 2.24) is 4.90 Å². The molecule has 1 aliphatic heterocycles. The maximum atomic E-state index is 12.8. The summed E-state index contributed by atoms with van der Waals surface area (Å²) in [5.41, 5.74) is 1.50. The van der Waals surface area contributed by atoms with Crippen molar-refractivity contribution in [3.05, 3.63) is 53.1 Å². The van der Waals surface area contributed by atoms with E-state index in [0.29, 0.717) is 18.0 Å². The number of ether oxygens (including phenoxy) is 2. The minimum atomic E-state index is -4.45. The van der Waals surface area contributed by atoms with Crippen LogP contribution in [-0.4, -0.2) is 38.1 Å². The lowest BCUT2D eigenvalue weighted by molar-refractivity contribution is -0.137. The van der Waals surface area contributed by atoms with Crippen LogP contribution in [0.5, 0.6) is 11.5 Å². The van der Waals surface area contributed by atoms with E-state index in [1.807, 2.05) is 24.0 Å². The highest BCUT2D eigenvalue weighted by Gasteiger charge is 2.31. The highest BCUT2D eigenvalue weighted by Crippen LogP contribution is 2.37. The first-order valence-corrected chi connectivity index (χ1v) is 9.19. The molecule has 2 aromatic carbocycles. The van der Waals surface area contributed by atoms with Crippen molar-refractivity contribution in [3.8, 4) is 11.5 Å². The van der Waals surface area contributed by atoms with Crippen LogP contribution in [0.25, 0.3) is 0 Å². The average Bonchev–Trinajstić information content (AvgIpc) is 2.68. The van der Waals surface area contributed by atoms with Crippen LogP contribution in [0.3, 0.4) is 0 Å². The van der Waals surface area contributed by atoms with Gasteiger partial charge in [-0.15, -0.1) is 0 Å². The molecule has 5 nitrogen and oxygen atoms in total. The molecule has 0 fully saturated rings. The van der Waals surface area contributed by atoms with Crippen molar-refractivity contribution in [1.29, 1.82) is 0 Å². The zero-order valence-electron chi connectivity index (χ0n) is 16.5. The molecule has 0 saturated heterocycles. The van der Waals surface area contributed by atoms with Gasteiger partial charge < -0.3 is 14.8 Å². The maximum Gasteiger partial charge on any atom is 0.416 e. The SMILES string of the molecule is COc1cc2c(cc1OC)C(C)N(CC(=O)Nc1cccc(C(F)(F)F)c1)CC2. The van der Waals surface area contributed by atoms with Crippen molar-refractivity contribution >= 4 is 11.6 Å². The zero-order valence-corrected chi connectivity index (χ0v) is 16.5. The van der Waals surface area contributed by atoms with Crippen LogP contribution in [0.15, 0.2) is 36.4 Å². The molecule has 29 heavy (non-hydrogen) atoms. The van der Waals surface area contributed by atoms with Crippen LogP contribution in [0.2, 0.25) is 0 Å². The van der Waals surface area contributed by atoms with Gasteiger partial charge in [-0.05, 0) is 54.8 Å². The van der Waals surface area contributed by atoms with Crippen molar-refractivity contribution < 1.29 is 27.4 Å². The molecular weight excluding hydrogens is 385 g/mol. The second-order valence-corrected chi connectivity index (χ2v) is 6.93. The number of amides is 1. The van der Waals surface area contributed by atoms with Gasteiger partial charge in [-0.2, -0.15) is 13.2 Å². The molecule has 0 saturated carbocycles. The Balaban J connectivity index is 1.71. The molecular formula is C21H23F3N2O3. The molecule has 0 aromatic heterocycles. The molecule has 1 aliphatic rings. The van der Waals surface area contributed by atoms with Gasteiger partial charge in [-0.25, -0.2) is 0 Å². The van der Waals surface area contributed by atoms with E-state index in [4.69, 9.17) is 9.47 Å². The number of anilines is 1. The van der Waals surface area contributed by atoms with Gasteiger partial charge in [0.1, 0.15) is 0 Å². The Morgan fingerprint density at radius 3 is 2.52 bits per heavy atom. The normalized spacial score (nSPS) is 16.8. The van der Waals surface area contributed by atoms with E-state index in [2.05, 4.69) is 5.32 Å². The summed E-state index contributed by atoms with van der Waals surface area (Å²) >= 11 is 0. The van der Waals surface area contributed by atoms with Crippen LogP contribution in [0.4, 0.5) is 18.9 Å². The topological polar surface area (TPSA) is 50.8 Å². The van der Waals surface area contributed by atoms with E-state index >= 15 is 0 Å². The summed E-state index contributed by atoms with van der Waals surface area (Å²) in [4.78, 5) is 14.4. The van der Waals surface area contributed by atoms with Crippen molar-refractivity contribution in [2.24, 2.45) is 0 Å². The fourth-order valence-electron chi connectivity index (χ4n) is 3.57. The molecule has 1 unspecified atom stereocenters. The molecule has 0 aliphatic carbocycles. The Morgan fingerprint density at radius 1 is 1.17 bits per heavy atom. The van der Waals surface area contributed by atoms with Gasteiger partial charge in [0.05, 0.1) is 26.3 Å². The van der Waals surface area contributed by atoms with Crippen molar-refractivity contribution in [2.75, 3.05) is 32.6 Å². The number of fused-ring (bicyclic) bond motifs is 1. The summed E-state index contributed by atoms with van der Waals surface area (Å²) < 4.78 is 49.3. The highest BCUT2D eigenvalue weighted by molar-refractivity contribution is 5.92. The molecule has 0 bridgehead atoms. The Kier molecular flexibility index (Phi) is 6.02. The van der Waals surface area contributed by atoms with Gasteiger partial charge in [0.15, 0.2) is 11.5 Å². The fraction of sp³-hybridized carbons (Fsp3) is 0.381. The molecule has 0 radical (unpaired) electrons. The van der Waals surface area contributed by atoms with Crippen LogP contribution < -0.4 is 14.8 Å². The van der Waals surface area contributed by atoms with Crippen LogP contribution in [-0.2, 0) is 17.4 Å². The largest absolute Gasteiger partial charge is 0.493 e. The van der Waals surface area contributed by atoms with E-state index in [9.17, 15) is 18.0 Å². The van der Waals surface area contributed by atoms with Crippen LogP contribution >= 0.6 is 0 Å². The number of benzene rings is 2. The predicted molar refractivity (Wildman–Crippen MR) is 103 cm³/mol. The molecule has 1 atom stereocenters. The monoisotopic (exact) mass is 408 g/mol. The van der Waals surface area contributed by atoms with Gasteiger partial charge in [0, 0.05) is 18.3 Å². The number of rotatable bonds is 5. The van der Waals surface area contributed by atoms with Crippen molar-refractivity contribution in [2.45, 2.75) is 25.6 Å². The van der Waals surface area contributed by atoms with Gasteiger partial charge in [0.25, 0.3) is 0 Å². The first-order valence-electron chi connectivity index (χ1n) is 9.19.